The van der Waals surface area contributed by atoms with Crippen LogP contribution in [0.3, 0.4) is 0 Å². The second-order valence-corrected chi connectivity index (χ2v) is 17.2. The minimum absolute atomic E-state index is 0.282. The second kappa shape index (κ2) is 14.8. The zero-order chi connectivity index (χ0) is 29.3. The summed E-state index contributed by atoms with van der Waals surface area (Å²) < 4.78 is -0.282. The van der Waals surface area contributed by atoms with Crippen molar-refractivity contribution in [2.45, 2.75) is 23.4 Å². The summed E-state index contributed by atoms with van der Waals surface area (Å²) >= 11 is 1.30. The van der Waals surface area contributed by atoms with Crippen LogP contribution in [0.25, 0.3) is 10.8 Å². The van der Waals surface area contributed by atoms with Gasteiger partial charge in [-0.2, -0.15) is 0 Å². The number of hydrogen-bond acceptors (Lipinski definition) is 0. The van der Waals surface area contributed by atoms with E-state index in [0.29, 0.717) is 0 Å². The summed E-state index contributed by atoms with van der Waals surface area (Å²) in [7, 11) is 6.00. The van der Waals surface area contributed by atoms with Crippen molar-refractivity contribution in [2.75, 3.05) is 6.16 Å². The Bertz CT molecular complexity index is 1630. The first-order valence-corrected chi connectivity index (χ1v) is 19.5. The summed E-state index contributed by atoms with van der Waals surface area (Å²) in [6.07, 6.45) is 4.42. The van der Waals surface area contributed by atoms with Crippen molar-refractivity contribution in [1.29, 1.82) is 0 Å². The third-order valence-corrected chi connectivity index (χ3v) is 16.3. The minimum atomic E-state index is -0.822. The summed E-state index contributed by atoms with van der Waals surface area (Å²) in [5, 5.41) is 8.21. The number of hydrogen-bond donors (Lipinski definition) is 0. The molecular weight excluding hydrogens is 625 g/mol. The van der Waals surface area contributed by atoms with Crippen LogP contribution in [0.15, 0.2) is 164 Å². The Morgan fingerprint density at radius 1 is 0.488 bits per heavy atom. The number of halogens is 1. The first kappa shape index (κ1) is 30.3. The molecule has 0 saturated heterocycles. The Hall–Kier alpha value is -2.78. The van der Waals surface area contributed by atoms with E-state index in [2.05, 4.69) is 164 Å². The summed E-state index contributed by atoms with van der Waals surface area (Å²) in [4.78, 5) is 0. The van der Waals surface area contributed by atoms with Gasteiger partial charge in [0.15, 0.2) is 0 Å². The molecule has 0 radical (unpaired) electrons. The molecule has 4 heteroatoms. The molecule has 0 aliphatic carbocycles. The molecule has 218 valence electrons. The van der Waals surface area contributed by atoms with E-state index in [0.717, 1.165) is 19.3 Å². The quantitative estimate of drug-likeness (QED) is 0.0698. The monoisotopic (exact) mass is 658 g/mol. The Balaban J connectivity index is 1.40. The molecule has 0 saturated carbocycles. The van der Waals surface area contributed by atoms with E-state index >= 15 is 0 Å². The summed E-state index contributed by atoms with van der Waals surface area (Å²) in [5.74, 6) is 0. The first-order valence-electron chi connectivity index (χ1n) is 14.8. The molecule has 0 amide bonds. The molecule has 0 aromatic heterocycles. The van der Waals surface area contributed by atoms with Crippen LogP contribution in [0, 0.1) is 0 Å². The molecule has 6 aromatic carbocycles. The SMILES string of the molecule is [Cl][Ni][C](CCCCP(c1ccccc1)c1ccccc1)(c1cccc2ccccc12)P(c1ccccc1)c1ccccc1. The third-order valence-electron chi connectivity index (χ3n) is 7.91. The molecule has 0 aliphatic rings. The first-order chi connectivity index (χ1) is 21.3. The fourth-order valence-corrected chi connectivity index (χ4v) is 14.0. The van der Waals surface area contributed by atoms with Crippen molar-refractivity contribution in [3.8, 4) is 0 Å². The number of rotatable bonds is 12. The van der Waals surface area contributed by atoms with Crippen molar-refractivity contribution in [1.82, 2.24) is 0 Å². The van der Waals surface area contributed by atoms with Gasteiger partial charge in [-0.3, -0.25) is 0 Å². The molecule has 0 N–H and O–H groups in total. The molecule has 0 spiro atoms. The summed E-state index contributed by atoms with van der Waals surface area (Å²) in [5.41, 5.74) is 1.35. The summed E-state index contributed by atoms with van der Waals surface area (Å²) in [6, 6.07) is 59.9. The Morgan fingerprint density at radius 2 is 0.953 bits per heavy atom. The Morgan fingerprint density at radius 3 is 1.49 bits per heavy atom. The molecule has 0 fully saturated rings. The van der Waals surface area contributed by atoms with Crippen molar-refractivity contribution in [3.63, 3.8) is 0 Å². The van der Waals surface area contributed by atoms with E-state index in [9.17, 15) is 0 Å². The van der Waals surface area contributed by atoms with Crippen molar-refractivity contribution in [2.24, 2.45) is 0 Å². The van der Waals surface area contributed by atoms with E-state index in [1.165, 1.54) is 57.3 Å². The van der Waals surface area contributed by atoms with Crippen LogP contribution in [-0.2, 0) is 17.7 Å². The maximum absolute atomic E-state index is 7.24. The van der Waals surface area contributed by atoms with Crippen LogP contribution >= 0.6 is 26.0 Å². The van der Waals surface area contributed by atoms with Gasteiger partial charge in [0, 0.05) is 0 Å². The topological polar surface area (TPSA) is 0 Å². The Labute approximate surface area is 269 Å². The van der Waals surface area contributed by atoms with Gasteiger partial charge in [0.1, 0.15) is 0 Å². The fourth-order valence-electron chi connectivity index (χ4n) is 5.94. The number of benzene rings is 6. The number of unbranched alkanes of at least 4 members (excludes halogenated alkanes) is 1. The molecule has 1 atom stereocenters. The van der Waals surface area contributed by atoms with Gasteiger partial charge in [0.25, 0.3) is 0 Å². The predicted octanol–water partition coefficient (Wildman–Crippen LogP) is 9.66. The number of fused-ring (bicyclic) bond motifs is 1. The zero-order valence-electron chi connectivity index (χ0n) is 24.0. The maximum atomic E-state index is 7.24. The molecule has 6 aromatic rings. The van der Waals surface area contributed by atoms with E-state index in [-0.39, 0.29) is 4.13 Å². The molecule has 0 aliphatic heterocycles. The molecule has 1 unspecified atom stereocenters. The molecule has 43 heavy (non-hydrogen) atoms. The van der Waals surface area contributed by atoms with Gasteiger partial charge in [-0.15, -0.1) is 0 Å². The molecular formula is C39H35ClNiP2. The van der Waals surface area contributed by atoms with Crippen molar-refractivity contribution in [3.05, 3.63) is 169 Å². The van der Waals surface area contributed by atoms with Crippen LogP contribution in [0.4, 0.5) is 0 Å². The zero-order valence-corrected chi connectivity index (χ0v) is 27.5. The van der Waals surface area contributed by atoms with Gasteiger partial charge >= 0.3 is 270 Å². The van der Waals surface area contributed by atoms with Crippen molar-refractivity contribution < 1.29 is 13.5 Å². The van der Waals surface area contributed by atoms with Crippen LogP contribution in [0.5, 0.6) is 0 Å². The van der Waals surface area contributed by atoms with Crippen LogP contribution in [-0.4, -0.2) is 6.16 Å². The fraction of sp³-hybridized carbons (Fsp3) is 0.128. The van der Waals surface area contributed by atoms with Gasteiger partial charge in [-0.25, -0.2) is 0 Å². The van der Waals surface area contributed by atoms with Gasteiger partial charge in [0.2, 0.25) is 0 Å². The predicted molar refractivity (Wildman–Crippen MR) is 188 cm³/mol. The second-order valence-electron chi connectivity index (χ2n) is 10.6. The summed E-state index contributed by atoms with van der Waals surface area (Å²) in [6.45, 7) is 0. The average Bonchev–Trinajstić information content (AvgIpc) is 3.09. The van der Waals surface area contributed by atoms with Gasteiger partial charge in [-0.05, 0) is 0 Å². The van der Waals surface area contributed by atoms with E-state index in [1.54, 1.807) is 0 Å². The molecule has 6 rings (SSSR count). The van der Waals surface area contributed by atoms with Crippen LogP contribution < -0.4 is 21.2 Å². The standard InChI is InChI=1S/C39H35P2.ClH.Ni/c1-5-20-33(21-6-1)40(34-22-7-2-8-23-34)31-16-15-30-39(38-29-17-19-32-18-13-14-28-37(32)38)41(35-24-9-3-10-25-35)36-26-11-4-12-27-36;;/h1-14,17-29H,15-16,30-31H2;1H;/q;;+1/p-1. The third kappa shape index (κ3) is 6.83. The van der Waals surface area contributed by atoms with E-state index in [1.807, 2.05) is 0 Å². The molecule has 0 bridgehead atoms. The molecule has 0 nitrogen and oxygen atoms in total. The van der Waals surface area contributed by atoms with Crippen LogP contribution in [0.1, 0.15) is 24.8 Å². The van der Waals surface area contributed by atoms with Gasteiger partial charge in [-0.1, -0.05) is 0 Å². The van der Waals surface area contributed by atoms with Crippen molar-refractivity contribution >= 4 is 58.0 Å². The van der Waals surface area contributed by atoms with E-state index < -0.39 is 15.8 Å². The van der Waals surface area contributed by atoms with Gasteiger partial charge < -0.3 is 0 Å². The Kier molecular flexibility index (Phi) is 10.4. The van der Waals surface area contributed by atoms with Crippen LogP contribution in [0.2, 0.25) is 0 Å². The van der Waals surface area contributed by atoms with E-state index in [4.69, 9.17) is 10.2 Å². The normalized spacial score (nSPS) is 13.0. The molecule has 0 heterocycles. The average molecular weight is 660 g/mol. The van der Waals surface area contributed by atoms with Gasteiger partial charge in [0.05, 0.1) is 0 Å².